The van der Waals surface area contributed by atoms with Gasteiger partial charge in [0, 0.05) is 43.8 Å². The molecule has 1 saturated heterocycles. The molecule has 0 spiro atoms. The van der Waals surface area contributed by atoms with Crippen molar-refractivity contribution in [3.8, 4) is 0 Å². The molecule has 0 aliphatic carbocycles. The summed E-state index contributed by atoms with van der Waals surface area (Å²) in [6.07, 6.45) is 0. The first-order valence-corrected chi connectivity index (χ1v) is 6.12. The molecule has 1 aromatic carbocycles. The Hall–Kier alpha value is -0.945. The molecule has 0 bridgehead atoms. The van der Waals surface area contributed by atoms with Crippen LogP contribution >= 0.6 is 0 Å². The molecule has 1 fully saturated rings. The monoisotopic (exact) mass is 252 g/mol. The van der Waals surface area contributed by atoms with Crippen molar-refractivity contribution in [2.45, 2.75) is 6.54 Å². The van der Waals surface area contributed by atoms with Crippen LogP contribution in [0.25, 0.3) is 0 Å². The van der Waals surface area contributed by atoms with E-state index in [4.69, 9.17) is 10.0 Å². The summed E-state index contributed by atoms with van der Waals surface area (Å²) in [7, 11) is 0.318. The highest BCUT2D eigenvalue weighted by atomic mass is 19.1. The van der Waals surface area contributed by atoms with Crippen LogP contribution in [0.4, 0.5) is 4.39 Å². The van der Waals surface area contributed by atoms with E-state index in [1.807, 2.05) is 0 Å². The number of piperazine rings is 1. The van der Waals surface area contributed by atoms with Crippen LogP contribution < -0.4 is 5.46 Å². The number of hydrogen-bond donors (Lipinski definition) is 2. The summed E-state index contributed by atoms with van der Waals surface area (Å²) in [5, 5.41) is 18.1. The Kier molecular flexibility index (Phi) is 4.34. The third kappa shape index (κ3) is 3.08. The van der Waals surface area contributed by atoms with Gasteiger partial charge in [-0.3, -0.25) is 4.90 Å². The fourth-order valence-corrected chi connectivity index (χ4v) is 2.17. The molecule has 1 aromatic rings. The number of halogens is 1. The molecule has 0 amide bonds. The van der Waals surface area contributed by atoms with E-state index in [1.54, 1.807) is 12.1 Å². The van der Waals surface area contributed by atoms with E-state index in [1.165, 1.54) is 6.07 Å². The minimum absolute atomic E-state index is 0.0540. The van der Waals surface area contributed by atoms with Gasteiger partial charge in [-0.15, -0.1) is 0 Å². The van der Waals surface area contributed by atoms with Crippen LogP contribution in [0.5, 0.6) is 0 Å². The topological polar surface area (TPSA) is 46.9 Å². The van der Waals surface area contributed by atoms with Crippen molar-refractivity contribution in [1.29, 1.82) is 0 Å². The third-order valence-corrected chi connectivity index (χ3v) is 3.38. The van der Waals surface area contributed by atoms with E-state index in [9.17, 15) is 4.39 Å². The van der Waals surface area contributed by atoms with Crippen molar-refractivity contribution in [3.63, 3.8) is 0 Å². The molecule has 1 aliphatic heterocycles. The predicted octanol–water partition coefficient (Wildman–Crippen LogP) is -0.747. The third-order valence-electron chi connectivity index (χ3n) is 3.38. The van der Waals surface area contributed by atoms with Crippen LogP contribution in [0.2, 0.25) is 0 Å². The molecule has 18 heavy (non-hydrogen) atoms. The molecule has 0 radical (unpaired) electrons. The molecular formula is C12H18BFN2O2. The average Bonchev–Trinajstić information content (AvgIpc) is 2.34. The van der Waals surface area contributed by atoms with Crippen LogP contribution in [0.1, 0.15) is 5.56 Å². The highest BCUT2D eigenvalue weighted by Gasteiger charge is 2.20. The molecule has 4 nitrogen and oxygen atoms in total. The summed E-state index contributed by atoms with van der Waals surface area (Å²) >= 11 is 0. The van der Waals surface area contributed by atoms with Crippen molar-refractivity contribution in [2.75, 3.05) is 33.2 Å². The Bertz CT molecular complexity index is 409. The maximum Gasteiger partial charge on any atom is 0.491 e. The summed E-state index contributed by atoms with van der Waals surface area (Å²) in [6, 6.07) is 4.75. The Morgan fingerprint density at radius 3 is 2.50 bits per heavy atom. The van der Waals surface area contributed by atoms with E-state index in [2.05, 4.69) is 16.8 Å². The van der Waals surface area contributed by atoms with Gasteiger partial charge in [0.1, 0.15) is 5.82 Å². The van der Waals surface area contributed by atoms with Crippen molar-refractivity contribution in [2.24, 2.45) is 0 Å². The van der Waals surface area contributed by atoms with Crippen LogP contribution in [0, 0.1) is 5.82 Å². The molecule has 0 aromatic heterocycles. The quantitative estimate of drug-likeness (QED) is 0.695. The number of rotatable bonds is 3. The summed E-state index contributed by atoms with van der Waals surface area (Å²) in [5.74, 6) is -0.508. The van der Waals surface area contributed by atoms with Gasteiger partial charge < -0.3 is 14.9 Å². The summed E-state index contributed by atoms with van der Waals surface area (Å²) in [6.45, 7) is 4.28. The second kappa shape index (κ2) is 5.80. The first-order chi connectivity index (χ1) is 8.58. The summed E-state index contributed by atoms with van der Waals surface area (Å²) in [4.78, 5) is 4.41. The lowest BCUT2D eigenvalue weighted by Gasteiger charge is -2.32. The maximum atomic E-state index is 14.0. The van der Waals surface area contributed by atoms with Gasteiger partial charge in [0.15, 0.2) is 0 Å². The molecular weight excluding hydrogens is 234 g/mol. The SMILES string of the molecule is CN1CCN(Cc2cccc(B(O)O)c2F)CC1. The van der Waals surface area contributed by atoms with Crippen LogP contribution in [0.15, 0.2) is 18.2 Å². The molecule has 0 unspecified atom stereocenters. The minimum Gasteiger partial charge on any atom is -0.423 e. The minimum atomic E-state index is -1.75. The van der Waals surface area contributed by atoms with Crippen LogP contribution in [0.3, 0.4) is 0 Å². The van der Waals surface area contributed by atoms with Gasteiger partial charge >= 0.3 is 7.12 Å². The van der Waals surface area contributed by atoms with Gasteiger partial charge in [-0.2, -0.15) is 0 Å². The second-order valence-corrected chi connectivity index (χ2v) is 4.77. The Labute approximate surface area is 107 Å². The van der Waals surface area contributed by atoms with Crippen molar-refractivity contribution >= 4 is 12.6 Å². The Morgan fingerprint density at radius 1 is 1.22 bits per heavy atom. The van der Waals surface area contributed by atoms with Gasteiger partial charge in [0.25, 0.3) is 0 Å². The van der Waals surface area contributed by atoms with E-state index in [-0.39, 0.29) is 5.46 Å². The highest BCUT2D eigenvalue weighted by molar-refractivity contribution is 6.58. The van der Waals surface area contributed by atoms with Crippen molar-refractivity contribution in [3.05, 3.63) is 29.6 Å². The van der Waals surface area contributed by atoms with Gasteiger partial charge in [-0.1, -0.05) is 18.2 Å². The van der Waals surface area contributed by atoms with Gasteiger partial charge in [-0.25, -0.2) is 4.39 Å². The first kappa shape index (κ1) is 13.5. The smallest absolute Gasteiger partial charge is 0.423 e. The fraction of sp³-hybridized carbons (Fsp3) is 0.500. The highest BCUT2D eigenvalue weighted by Crippen LogP contribution is 2.10. The van der Waals surface area contributed by atoms with Gasteiger partial charge in [0.05, 0.1) is 0 Å². The fourth-order valence-electron chi connectivity index (χ4n) is 2.17. The number of benzene rings is 1. The first-order valence-electron chi connectivity index (χ1n) is 6.12. The number of likely N-dealkylation sites (N-methyl/N-ethyl adjacent to an activating group) is 1. The zero-order valence-corrected chi connectivity index (χ0v) is 10.5. The maximum absolute atomic E-state index is 14.0. The molecule has 98 valence electrons. The largest absolute Gasteiger partial charge is 0.491 e. The summed E-state index contributed by atoms with van der Waals surface area (Å²) < 4.78 is 14.0. The van der Waals surface area contributed by atoms with Crippen LogP contribution in [-0.2, 0) is 6.54 Å². The number of nitrogens with zero attached hydrogens (tertiary/aromatic N) is 2. The van der Waals surface area contributed by atoms with E-state index >= 15 is 0 Å². The number of hydrogen-bond acceptors (Lipinski definition) is 4. The zero-order valence-electron chi connectivity index (χ0n) is 10.5. The zero-order chi connectivity index (χ0) is 13.1. The lowest BCUT2D eigenvalue weighted by Crippen LogP contribution is -2.44. The molecule has 2 N–H and O–H groups in total. The van der Waals surface area contributed by atoms with Crippen LogP contribution in [-0.4, -0.2) is 60.2 Å². The Balaban J connectivity index is 2.07. The van der Waals surface area contributed by atoms with Gasteiger partial charge in [-0.05, 0) is 7.05 Å². The van der Waals surface area contributed by atoms with Crippen molar-refractivity contribution < 1.29 is 14.4 Å². The lowest BCUT2D eigenvalue weighted by atomic mass is 9.79. The van der Waals surface area contributed by atoms with Crippen molar-refractivity contribution in [1.82, 2.24) is 9.80 Å². The molecule has 1 heterocycles. The lowest BCUT2D eigenvalue weighted by molar-refractivity contribution is 0.147. The predicted molar refractivity (Wildman–Crippen MR) is 69.0 cm³/mol. The van der Waals surface area contributed by atoms with E-state index < -0.39 is 12.9 Å². The average molecular weight is 252 g/mol. The normalized spacial score (nSPS) is 18.0. The molecule has 0 saturated carbocycles. The Morgan fingerprint density at radius 2 is 1.89 bits per heavy atom. The second-order valence-electron chi connectivity index (χ2n) is 4.77. The van der Waals surface area contributed by atoms with E-state index in [0.29, 0.717) is 12.1 Å². The summed E-state index contributed by atoms with van der Waals surface area (Å²) in [5.41, 5.74) is 0.465. The van der Waals surface area contributed by atoms with E-state index in [0.717, 1.165) is 26.2 Å². The molecule has 6 heteroatoms. The standard InChI is InChI=1S/C12H18BFN2O2/c1-15-5-7-16(8-6-15)9-10-3-2-4-11(12(10)14)13(17)18/h2-4,17-18H,5-9H2,1H3. The van der Waals surface area contributed by atoms with Gasteiger partial charge in [0.2, 0.25) is 0 Å². The molecule has 0 atom stereocenters. The molecule has 2 rings (SSSR count). The molecule has 1 aliphatic rings.